The zero-order valence-corrected chi connectivity index (χ0v) is 12.6. The lowest BCUT2D eigenvalue weighted by molar-refractivity contribution is 0.0613. The van der Waals surface area contributed by atoms with E-state index in [1.165, 1.54) is 31.3 Å². The number of carbonyl (C=O) groups is 1. The number of rotatable bonds is 6. The summed E-state index contributed by atoms with van der Waals surface area (Å²) in [5, 5.41) is 12.3. The molecule has 1 atom stereocenters. The van der Waals surface area contributed by atoms with Crippen LogP contribution in [0.5, 0.6) is 0 Å². The number of sulfonamides is 1. The van der Waals surface area contributed by atoms with Crippen LogP contribution in [0.15, 0.2) is 29.2 Å². The van der Waals surface area contributed by atoms with E-state index in [4.69, 9.17) is 0 Å². The summed E-state index contributed by atoms with van der Waals surface area (Å²) in [6.07, 6.45) is 0.436. The number of nitrogens with one attached hydrogen (secondary N) is 2. The van der Waals surface area contributed by atoms with E-state index >= 15 is 0 Å². The summed E-state index contributed by atoms with van der Waals surface area (Å²) in [5.41, 5.74) is -0.707. The van der Waals surface area contributed by atoms with Gasteiger partial charge in [0.05, 0.1) is 10.5 Å². The summed E-state index contributed by atoms with van der Waals surface area (Å²) in [6, 6.07) is 5.58. The molecule has 112 valence electrons. The fourth-order valence-electron chi connectivity index (χ4n) is 1.39. The fraction of sp³-hybridized carbons (Fsp3) is 0.462. The van der Waals surface area contributed by atoms with Crippen molar-refractivity contribution in [2.75, 3.05) is 13.6 Å². The van der Waals surface area contributed by atoms with E-state index in [0.29, 0.717) is 12.0 Å². The number of carbonyl (C=O) groups excluding carboxylic acids is 1. The van der Waals surface area contributed by atoms with Crippen LogP contribution in [-0.4, -0.2) is 38.6 Å². The predicted octanol–water partition coefficient (Wildman–Crippen LogP) is 0.485. The standard InChI is InChI=1S/C13H20N2O4S/c1-4-13(2,17)9-15-20(18,19)11-7-5-10(6-8-11)12(16)14-3/h5-8,15,17H,4,9H2,1-3H3,(H,14,16). The maximum Gasteiger partial charge on any atom is 0.251 e. The minimum Gasteiger partial charge on any atom is -0.389 e. The molecule has 1 aromatic carbocycles. The molecule has 0 heterocycles. The number of hydrogen-bond acceptors (Lipinski definition) is 4. The molecule has 0 aliphatic heterocycles. The Hall–Kier alpha value is -1.44. The highest BCUT2D eigenvalue weighted by atomic mass is 32.2. The highest BCUT2D eigenvalue weighted by Crippen LogP contribution is 2.13. The van der Waals surface area contributed by atoms with Crippen LogP contribution < -0.4 is 10.0 Å². The lowest BCUT2D eigenvalue weighted by Gasteiger charge is -2.21. The number of aliphatic hydroxyl groups is 1. The molecule has 0 aliphatic carbocycles. The maximum absolute atomic E-state index is 12.0. The van der Waals surface area contributed by atoms with Gasteiger partial charge in [0, 0.05) is 19.2 Å². The van der Waals surface area contributed by atoms with Gasteiger partial charge in [0.25, 0.3) is 5.91 Å². The second-order valence-electron chi connectivity index (χ2n) is 4.78. The van der Waals surface area contributed by atoms with Crippen molar-refractivity contribution in [2.24, 2.45) is 0 Å². The van der Waals surface area contributed by atoms with Crippen molar-refractivity contribution in [2.45, 2.75) is 30.8 Å². The summed E-state index contributed by atoms with van der Waals surface area (Å²) < 4.78 is 26.4. The van der Waals surface area contributed by atoms with E-state index in [1.807, 2.05) is 0 Å². The molecule has 0 bridgehead atoms. The Bertz CT molecular complexity index is 565. The monoisotopic (exact) mass is 300 g/mol. The van der Waals surface area contributed by atoms with Gasteiger partial charge in [-0.2, -0.15) is 0 Å². The van der Waals surface area contributed by atoms with Crippen molar-refractivity contribution in [3.63, 3.8) is 0 Å². The average Bonchev–Trinajstić information content (AvgIpc) is 2.45. The van der Waals surface area contributed by atoms with E-state index in [9.17, 15) is 18.3 Å². The molecule has 0 saturated carbocycles. The normalized spacial score (nSPS) is 14.6. The zero-order valence-electron chi connectivity index (χ0n) is 11.8. The first kappa shape index (κ1) is 16.6. The molecule has 1 aromatic rings. The van der Waals surface area contributed by atoms with E-state index in [0.717, 1.165) is 0 Å². The van der Waals surface area contributed by atoms with Crippen LogP contribution in [0.25, 0.3) is 0 Å². The summed E-state index contributed by atoms with van der Waals surface area (Å²) in [7, 11) is -2.19. The molecule has 3 N–H and O–H groups in total. The average molecular weight is 300 g/mol. The molecule has 1 unspecified atom stereocenters. The van der Waals surface area contributed by atoms with Gasteiger partial charge in [-0.3, -0.25) is 4.79 Å². The second kappa shape index (κ2) is 6.34. The molecule has 0 aliphatic rings. The van der Waals surface area contributed by atoms with E-state index < -0.39 is 15.6 Å². The summed E-state index contributed by atoms with van der Waals surface area (Å²) in [5.74, 6) is -0.282. The molecule has 0 fully saturated rings. The topological polar surface area (TPSA) is 95.5 Å². The Balaban J connectivity index is 2.86. The Kier molecular flexibility index (Phi) is 5.27. The number of benzene rings is 1. The zero-order chi connectivity index (χ0) is 15.4. The van der Waals surface area contributed by atoms with Gasteiger partial charge in [-0.1, -0.05) is 6.92 Å². The Morgan fingerprint density at radius 3 is 2.30 bits per heavy atom. The van der Waals surface area contributed by atoms with E-state index in [-0.39, 0.29) is 17.3 Å². The van der Waals surface area contributed by atoms with Crippen LogP contribution >= 0.6 is 0 Å². The van der Waals surface area contributed by atoms with Crippen molar-refractivity contribution in [1.29, 1.82) is 0 Å². The second-order valence-corrected chi connectivity index (χ2v) is 6.55. The predicted molar refractivity (Wildman–Crippen MR) is 75.9 cm³/mol. The van der Waals surface area contributed by atoms with E-state index in [2.05, 4.69) is 10.0 Å². The Labute approximate surface area is 119 Å². The molecule has 0 radical (unpaired) electrons. The number of hydrogen-bond donors (Lipinski definition) is 3. The molecular formula is C13H20N2O4S. The first-order valence-corrected chi connectivity index (χ1v) is 7.74. The third-order valence-electron chi connectivity index (χ3n) is 3.06. The number of amides is 1. The fourth-order valence-corrected chi connectivity index (χ4v) is 2.55. The van der Waals surface area contributed by atoms with Crippen LogP contribution in [0, 0.1) is 0 Å². The first-order valence-electron chi connectivity index (χ1n) is 6.26. The minimum atomic E-state index is -3.69. The van der Waals surface area contributed by atoms with Crippen LogP contribution in [0.4, 0.5) is 0 Å². The maximum atomic E-state index is 12.0. The van der Waals surface area contributed by atoms with Gasteiger partial charge < -0.3 is 10.4 Å². The third kappa shape index (κ3) is 4.29. The highest BCUT2D eigenvalue weighted by Gasteiger charge is 2.22. The lowest BCUT2D eigenvalue weighted by Crippen LogP contribution is -2.40. The van der Waals surface area contributed by atoms with Gasteiger partial charge in [0.15, 0.2) is 0 Å². The summed E-state index contributed by atoms with van der Waals surface area (Å²) in [6.45, 7) is 3.26. The molecule has 7 heteroatoms. The van der Waals surface area contributed by atoms with Gasteiger partial charge in [0.1, 0.15) is 0 Å². The van der Waals surface area contributed by atoms with Crippen LogP contribution in [0.1, 0.15) is 30.6 Å². The summed E-state index contributed by atoms with van der Waals surface area (Å²) in [4.78, 5) is 11.4. The van der Waals surface area contributed by atoms with Crippen molar-refractivity contribution >= 4 is 15.9 Å². The van der Waals surface area contributed by atoms with E-state index in [1.54, 1.807) is 13.8 Å². The van der Waals surface area contributed by atoms with Gasteiger partial charge in [0.2, 0.25) is 10.0 Å². The molecule has 1 amide bonds. The van der Waals surface area contributed by atoms with Crippen LogP contribution in [0.3, 0.4) is 0 Å². The van der Waals surface area contributed by atoms with Crippen molar-refractivity contribution < 1.29 is 18.3 Å². The van der Waals surface area contributed by atoms with Crippen molar-refractivity contribution in [3.8, 4) is 0 Å². The molecule has 0 saturated heterocycles. The molecule has 0 spiro atoms. The molecule has 6 nitrogen and oxygen atoms in total. The largest absolute Gasteiger partial charge is 0.389 e. The lowest BCUT2D eigenvalue weighted by atomic mass is 10.1. The Morgan fingerprint density at radius 2 is 1.85 bits per heavy atom. The first-order chi connectivity index (χ1) is 9.22. The molecular weight excluding hydrogens is 280 g/mol. The molecule has 20 heavy (non-hydrogen) atoms. The third-order valence-corrected chi connectivity index (χ3v) is 4.48. The Morgan fingerprint density at radius 1 is 1.30 bits per heavy atom. The smallest absolute Gasteiger partial charge is 0.251 e. The molecule has 0 aromatic heterocycles. The van der Waals surface area contributed by atoms with Gasteiger partial charge >= 0.3 is 0 Å². The van der Waals surface area contributed by atoms with Gasteiger partial charge in [-0.15, -0.1) is 0 Å². The SMILES string of the molecule is CCC(C)(O)CNS(=O)(=O)c1ccc(C(=O)NC)cc1. The van der Waals surface area contributed by atoms with Crippen molar-refractivity contribution in [3.05, 3.63) is 29.8 Å². The molecule has 1 rings (SSSR count). The van der Waals surface area contributed by atoms with Crippen LogP contribution in [0.2, 0.25) is 0 Å². The van der Waals surface area contributed by atoms with Gasteiger partial charge in [-0.25, -0.2) is 13.1 Å². The highest BCUT2D eigenvalue weighted by molar-refractivity contribution is 7.89. The van der Waals surface area contributed by atoms with Crippen molar-refractivity contribution in [1.82, 2.24) is 10.0 Å². The minimum absolute atomic E-state index is 0.0528. The summed E-state index contributed by atoms with van der Waals surface area (Å²) >= 11 is 0. The van der Waals surface area contributed by atoms with Gasteiger partial charge in [-0.05, 0) is 37.6 Å². The quantitative estimate of drug-likeness (QED) is 0.712. The van der Waals surface area contributed by atoms with Crippen LogP contribution in [-0.2, 0) is 10.0 Å².